The Labute approximate surface area is 97.4 Å². The largest absolute Gasteiger partial charge is 0.396 e. The number of amides is 1. The van der Waals surface area contributed by atoms with Gasteiger partial charge in [0.1, 0.15) is 5.69 Å². The highest BCUT2D eigenvalue weighted by molar-refractivity contribution is 7.13. The quantitative estimate of drug-likeness (QED) is 0.647. The summed E-state index contributed by atoms with van der Waals surface area (Å²) in [6.45, 7) is 0.347. The maximum absolute atomic E-state index is 11.7. The number of aromatic nitrogens is 1. The molecule has 1 aromatic rings. The summed E-state index contributed by atoms with van der Waals surface area (Å²) in [6, 6.07) is -0.217. The Morgan fingerprint density at radius 2 is 2.56 bits per heavy atom. The van der Waals surface area contributed by atoms with Crippen LogP contribution >= 0.6 is 11.3 Å². The number of nitrogens with two attached hydrogens (primary N) is 1. The molecule has 0 radical (unpaired) electrons. The number of ether oxygens (including phenoxy) is 1. The number of hydrogen-bond donors (Lipinski definition) is 3. The summed E-state index contributed by atoms with van der Waals surface area (Å²) in [5, 5.41) is 13.5. The van der Waals surface area contributed by atoms with E-state index >= 15 is 0 Å². The van der Waals surface area contributed by atoms with Crippen molar-refractivity contribution >= 4 is 22.4 Å². The number of aliphatic hydroxyl groups excluding tert-OH is 1. The maximum Gasteiger partial charge on any atom is 0.271 e. The van der Waals surface area contributed by atoms with Crippen LogP contribution in [0.3, 0.4) is 0 Å². The zero-order valence-corrected chi connectivity index (χ0v) is 9.79. The molecule has 1 atom stereocenters. The molecule has 0 spiro atoms. The average molecular weight is 245 g/mol. The van der Waals surface area contributed by atoms with Crippen LogP contribution in [0.1, 0.15) is 16.9 Å². The van der Waals surface area contributed by atoms with Gasteiger partial charge in [-0.2, -0.15) is 0 Å². The molecular weight excluding hydrogens is 230 g/mol. The van der Waals surface area contributed by atoms with Crippen LogP contribution in [0.5, 0.6) is 0 Å². The number of methoxy groups -OCH3 is 1. The lowest BCUT2D eigenvalue weighted by molar-refractivity contribution is 0.0874. The van der Waals surface area contributed by atoms with E-state index in [4.69, 9.17) is 15.6 Å². The normalized spacial score (nSPS) is 12.4. The topological polar surface area (TPSA) is 97.5 Å². The van der Waals surface area contributed by atoms with Gasteiger partial charge in [0, 0.05) is 19.1 Å². The molecule has 1 unspecified atom stereocenters. The van der Waals surface area contributed by atoms with Crippen LogP contribution in [-0.2, 0) is 4.74 Å². The molecule has 1 rings (SSSR count). The molecule has 1 amide bonds. The Morgan fingerprint density at radius 1 is 1.81 bits per heavy atom. The van der Waals surface area contributed by atoms with Crippen LogP contribution in [0.25, 0.3) is 0 Å². The summed E-state index contributed by atoms with van der Waals surface area (Å²) >= 11 is 1.21. The number of nitrogens with zero attached hydrogens (tertiary/aromatic N) is 1. The first-order chi connectivity index (χ1) is 7.67. The van der Waals surface area contributed by atoms with E-state index in [0.29, 0.717) is 23.9 Å². The van der Waals surface area contributed by atoms with Gasteiger partial charge in [0.25, 0.3) is 5.91 Å². The summed E-state index contributed by atoms with van der Waals surface area (Å²) in [5.41, 5.74) is 5.72. The smallest absolute Gasteiger partial charge is 0.271 e. The maximum atomic E-state index is 11.7. The van der Waals surface area contributed by atoms with E-state index in [0.717, 1.165) is 0 Å². The minimum Gasteiger partial charge on any atom is -0.396 e. The Balaban J connectivity index is 2.54. The van der Waals surface area contributed by atoms with E-state index in [1.807, 2.05) is 0 Å². The zero-order valence-electron chi connectivity index (χ0n) is 8.97. The lowest BCUT2D eigenvalue weighted by Gasteiger charge is -2.15. The van der Waals surface area contributed by atoms with E-state index in [1.54, 1.807) is 5.38 Å². The number of nitrogens with one attached hydrogen (secondary N) is 1. The molecule has 0 fully saturated rings. The molecule has 0 aliphatic carbocycles. The van der Waals surface area contributed by atoms with Crippen molar-refractivity contribution in [1.29, 1.82) is 0 Å². The molecule has 7 heteroatoms. The fourth-order valence-electron chi connectivity index (χ4n) is 1.21. The fraction of sp³-hybridized carbons (Fsp3) is 0.556. The lowest BCUT2D eigenvalue weighted by atomic mass is 10.2. The standard InChI is InChI=1S/C9H15N3O3S/c1-15-4-6(2-3-13)11-8(14)7-5-16-9(10)12-7/h5-6,13H,2-4H2,1H3,(H2,10,12)(H,11,14). The molecular formula is C9H15N3O3S. The number of anilines is 1. The SMILES string of the molecule is COCC(CCO)NC(=O)c1csc(N)n1. The van der Waals surface area contributed by atoms with E-state index in [1.165, 1.54) is 18.4 Å². The predicted octanol–water partition coefficient (Wildman–Crippen LogP) is -0.148. The highest BCUT2D eigenvalue weighted by Gasteiger charge is 2.15. The monoisotopic (exact) mass is 245 g/mol. The summed E-state index contributed by atoms with van der Waals surface area (Å²) in [5.74, 6) is -0.302. The van der Waals surface area contributed by atoms with Crippen molar-refractivity contribution in [2.24, 2.45) is 0 Å². The minimum absolute atomic E-state index is 0.00644. The first-order valence-corrected chi connectivity index (χ1v) is 5.67. The van der Waals surface area contributed by atoms with E-state index in [9.17, 15) is 4.79 Å². The van der Waals surface area contributed by atoms with Crippen molar-refractivity contribution in [3.05, 3.63) is 11.1 Å². The van der Waals surface area contributed by atoms with Crippen LogP contribution in [0.15, 0.2) is 5.38 Å². The summed E-state index contributed by atoms with van der Waals surface area (Å²) in [7, 11) is 1.54. The van der Waals surface area contributed by atoms with Gasteiger partial charge in [-0.1, -0.05) is 0 Å². The molecule has 0 aliphatic heterocycles. The second kappa shape index (κ2) is 6.41. The third-order valence-corrected chi connectivity index (χ3v) is 2.61. The summed E-state index contributed by atoms with van der Waals surface area (Å²) in [6.07, 6.45) is 0.444. The van der Waals surface area contributed by atoms with Crippen LogP contribution in [0.2, 0.25) is 0 Å². The molecule has 90 valence electrons. The van der Waals surface area contributed by atoms with Gasteiger partial charge in [0.15, 0.2) is 5.13 Å². The number of aliphatic hydroxyl groups is 1. The van der Waals surface area contributed by atoms with E-state index in [2.05, 4.69) is 10.3 Å². The van der Waals surface area contributed by atoms with Gasteiger partial charge in [0.05, 0.1) is 12.6 Å². The van der Waals surface area contributed by atoms with Crippen molar-refractivity contribution in [2.45, 2.75) is 12.5 Å². The molecule has 0 aromatic carbocycles. The zero-order chi connectivity index (χ0) is 12.0. The van der Waals surface area contributed by atoms with Crippen LogP contribution in [0, 0.1) is 0 Å². The van der Waals surface area contributed by atoms with Crippen LogP contribution in [-0.4, -0.2) is 42.4 Å². The van der Waals surface area contributed by atoms with Gasteiger partial charge in [-0.05, 0) is 6.42 Å². The molecule has 1 heterocycles. The number of hydrogen-bond acceptors (Lipinski definition) is 6. The Bertz CT molecular complexity index is 336. The highest BCUT2D eigenvalue weighted by Crippen LogP contribution is 2.11. The van der Waals surface area contributed by atoms with Gasteiger partial charge < -0.3 is 20.9 Å². The van der Waals surface area contributed by atoms with Gasteiger partial charge in [-0.25, -0.2) is 4.98 Å². The van der Waals surface area contributed by atoms with E-state index < -0.39 is 0 Å². The Kier molecular flexibility index (Phi) is 5.17. The summed E-state index contributed by atoms with van der Waals surface area (Å²) in [4.78, 5) is 15.5. The Hall–Kier alpha value is -1.18. The third-order valence-electron chi connectivity index (χ3n) is 1.94. The molecule has 0 saturated heterocycles. The molecule has 0 bridgehead atoms. The molecule has 6 nitrogen and oxygen atoms in total. The van der Waals surface area contributed by atoms with Gasteiger partial charge in [-0.15, -0.1) is 11.3 Å². The van der Waals surface area contributed by atoms with Crippen LogP contribution in [0.4, 0.5) is 5.13 Å². The molecule has 1 aromatic heterocycles. The predicted molar refractivity (Wildman–Crippen MR) is 61.4 cm³/mol. The van der Waals surface area contributed by atoms with Crippen LogP contribution < -0.4 is 11.1 Å². The minimum atomic E-state index is -0.302. The number of carbonyl (C=O) groups excluding carboxylic acids is 1. The fourth-order valence-corrected chi connectivity index (χ4v) is 1.75. The van der Waals surface area contributed by atoms with Crippen molar-refractivity contribution in [3.63, 3.8) is 0 Å². The summed E-state index contributed by atoms with van der Waals surface area (Å²) < 4.78 is 4.93. The molecule has 16 heavy (non-hydrogen) atoms. The first kappa shape index (κ1) is 12.9. The van der Waals surface area contributed by atoms with Gasteiger partial charge in [-0.3, -0.25) is 4.79 Å². The Morgan fingerprint density at radius 3 is 3.06 bits per heavy atom. The van der Waals surface area contributed by atoms with Crippen molar-refractivity contribution < 1.29 is 14.6 Å². The van der Waals surface area contributed by atoms with Crippen molar-refractivity contribution in [2.75, 3.05) is 26.1 Å². The second-order valence-corrected chi connectivity index (χ2v) is 4.10. The number of nitrogen functional groups attached to an aromatic ring is 1. The molecule has 0 aliphatic rings. The van der Waals surface area contributed by atoms with Gasteiger partial charge in [0.2, 0.25) is 0 Å². The average Bonchev–Trinajstić information content (AvgIpc) is 2.65. The highest BCUT2D eigenvalue weighted by atomic mass is 32.1. The molecule has 4 N–H and O–H groups in total. The second-order valence-electron chi connectivity index (χ2n) is 3.21. The van der Waals surface area contributed by atoms with Crippen molar-refractivity contribution in [3.8, 4) is 0 Å². The number of rotatable bonds is 6. The number of thiazole rings is 1. The van der Waals surface area contributed by atoms with Crippen molar-refractivity contribution in [1.82, 2.24) is 10.3 Å². The lowest BCUT2D eigenvalue weighted by Crippen LogP contribution is -2.38. The number of carbonyl (C=O) groups is 1. The first-order valence-electron chi connectivity index (χ1n) is 4.79. The third kappa shape index (κ3) is 3.76. The molecule has 0 saturated carbocycles. The van der Waals surface area contributed by atoms with Gasteiger partial charge >= 0.3 is 0 Å². The van der Waals surface area contributed by atoms with E-state index in [-0.39, 0.29) is 18.6 Å².